The van der Waals surface area contributed by atoms with Crippen molar-refractivity contribution >= 4 is 23.3 Å². The summed E-state index contributed by atoms with van der Waals surface area (Å²) >= 11 is 1.64. The van der Waals surface area contributed by atoms with Crippen molar-refractivity contribution in [2.45, 2.75) is 50.7 Å². The third-order valence-corrected chi connectivity index (χ3v) is 4.70. The van der Waals surface area contributed by atoms with E-state index in [9.17, 15) is 9.59 Å². The molecule has 2 aliphatic carbocycles. The van der Waals surface area contributed by atoms with Crippen LogP contribution in [0.2, 0.25) is 0 Å². The summed E-state index contributed by atoms with van der Waals surface area (Å²) < 4.78 is 0. The minimum absolute atomic E-state index is 0.0208. The minimum Gasteiger partial charge on any atom is -0.481 e. The Morgan fingerprint density at radius 1 is 1.19 bits per heavy atom. The fourth-order valence-corrected chi connectivity index (χ4v) is 3.18. The lowest BCUT2D eigenvalue weighted by atomic mass is 10.3. The van der Waals surface area contributed by atoms with E-state index in [0.29, 0.717) is 19.1 Å². The van der Waals surface area contributed by atoms with Crippen LogP contribution in [-0.2, 0) is 11.3 Å². The van der Waals surface area contributed by atoms with Gasteiger partial charge in [-0.25, -0.2) is 4.79 Å². The number of hydrogen-bond donors (Lipinski definition) is 1. The normalized spacial score (nSPS) is 17.5. The Morgan fingerprint density at radius 3 is 2.38 bits per heavy atom. The Hall–Kier alpha value is -1.56. The number of aliphatic carboxylic acids is 1. The second kappa shape index (κ2) is 6.05. The van der Waals surface area contributed by atoms with Crippen LogP contribution in [0.25, 0.3) is 0 Å². The number of amides is 2. The number of carboxylic acids is 1. The van der Waals surface area contributed by atoms with Crippen molar-refractivity contribution < 1.29 is 14.7 Å². The van der Waals surface area contributed by atoms with Gasteiger partial charge >= 0.3 is 12.0 Å². The molecule has 6 heteroatoms. The first-order valence-corrected chi connectivity index (χ1v) is 8.39. The number of carboxylic acid groups (broad SMARTS) is 1. The Morgan fingerprint density at radius 2 is 1.86 bits per heavy atom. The van der Waals surface area contributed by atoms with Gasteiger partial charge in [0.25, 0.3) is 0 Å². The van der Waals surface area contributed by atoms with Crippen molar-refractivity contribution in [3.05, 3.63) is 22.4 Å². The predicted octanol–water partition coefficient (Wildman–Crippen LogP) is 2.77. The number of thiophene rings is 1. The average Bonchev–Trinajstić information content (AvgIpc) is 3.37. The van der Waals surface area contributed by atoms with Crippen LogP contribution in [0.5, 0.6) is 0 Å². The van der Waals surface area contributed by atoms with E-state index < -0.39 is 5.97 Å². The SMILES string of the molecule is O=C(O)CCN(C(=O)N(Cc1ccsc1)C1CC1)C1CC1. The van der Waals surface area contributed by atoms with E-state index in [4.69, 9.17) is 5.11 Å². The molecule has 0 radical (unpaired) electrons. The highest BCUT2D eigenvalue weighted by Crippen LogP contribution is 2.33. The van der Waals surface area contributed by atoms with Gasteiger partial charge in [0.05, 0.1) is 6.42 Å². The van der Waals surface area contributed by atoms with Crippen LogP contribution < -0.4 is 0 Å². The molecular formula is C15H20N2O3S. The lowest BCUT2D eigenvalue weighted by Gasteiger charge is -2.30. The summed E-state index contributed by atoms with van der Waals surface area (Å²) in [6.07, 6.45) is 4.16. The molecular weight excluding hydrogens is 288 g/mol. The van der Waals surface area contributed by atoms with Gasteiger partial charge < -0.3 is 14.9 Å². The van der Waals surface area contributed by atoms with E-state index in [1.807, 2.05) is 16.3 Å². The maximum atomic E-state index is 12.8. The molecule has 2 aliphatic rings. The maximum absolute atomic E-state index is 12.8. The van der Waals surface area contributed by atoms with E-state index in [1.165, 1.54) is 0 Å². The molecule has 2 fully saturated rings. The molecule has 1 aromatic rings. The second-order valence-corrected chi connectivity index (χ2v) is 6.62. The monoisotopic (exact) mass is 308 g/mol. The van der Waals surface area contributed by atoms with Crippen LogP contribution in [0, 0.1) is 0 Å². The number of hydrogen-bond acceptors (Lipinski definition) is 3. The Kier molecular flexibility index (Phi) is 4.14. The largest absolute Gasteiger partial charge is 0.481 e. The summed E-state index contributed by atoms with van der Waals surface area (Å²) in [6.45, 7) is 0.967. The van der Waals surface area contributed by atoms with Crippen LogP contribution in [0.4, 0.5) is 4.79 Å². The Labute approximate surface area is 128 Å². The minimum atomic E-state index is -0.843. The number of rotatable bonds is 7. The summed E-state index contributed by atoms with van der Waals surface area (Å²) in [4.78, 5) is 27.3. The van der Waals surface area contributed by atoms with Crippen molar-refractivity contribution in [1.29, 1.82) is 0 Å². The third-order valence-electron chi connectivity index (χ3n) is 3.97. The molecule has 21 heavy (non-hydrogen) atoms. The fraction of sp³-hybridized carbons (Fsp3) is 0.600. The molecule has 0 aromatic carbocycles. The zero-order chi connectivity index (χ0) is 14.8. The van der Waals surface area contributed by atoms with Gasteiger partial charge in [-0.1, -0.05) is 0 Å². The summed E-state index contributed by atoms with van der Waals surface area (Å²) in [5.74, 6) is -0.843. The van der Waals surface area contributed by atoms with Crippen LogP contribution in [0.15, 0.2) is 16.8 Å². The molecule has 0 aliphatic heterocycles. The predicted molar refractivity (Wildman–Crippen MR) is 80.3 cm³/mol. The van der Waals surface area contributed by atoms with Gasteiger partial charge in [-0.15, -0.1) is 0 Å². The molecule has 2 amide bonds. The molecule has 0 unspecified atom stereocenters. The van der Waals surface area contributed by atoms with Crippen molar-refractivity contribution in [3.8, 4) is 0 Å². The molecule has 1 heterocycles. The van der Waals surface area contributed by atoms with E-state index in [-0.39, 0.29) is 18.5 Å². The Balaban J connectivity index is 1.67. The van der Waals surface area contributed by atoms with E-state index in [0.717, 1.165) is 31.2 Å². The van der Waals surface area contributed by atoms with Crippen LogP contribution in [0.1, 0.15) is 37.7 Å². The summed E-state index contributed by atoms with van der Waals surface area (Å²) in [6, 6.07) is 2.66. The highest BCUT2D eigenvalue weighted by atomic mass is 32.1. The number of carbonyl (C=O) groups is 2. The van der Waals surface area contributed by atoms with Gasteiger partial charge in [-0.3, -0.25) is 4.79 Å². The van der Waals surface area contributed by atoms with Gasteiger partial charge in [0.15, 0.2) is 0 Å². The van der Waals surface area contributed by atoms with Gasteiger partial charge in [-0.2, -0.15) is 11.3 Å². The second-order valence-electron chi connectivity index (χ2n) is 5.84. The molecule has 1 N–H and O–H groups in total. The molecule has 0 spiro atoms. The van der Waals surface area contributed by atoms with Crippen molar-refractivity contribution in [3.63, 3.8) is 0 Å². The van der Waals surface area contributed by atoms with Gasteiger partial charge in [-0.05, 0) is 48.1 Å². The van der Waals surface area contributed by atoms with E-state index >= 15 is 0 Å². The van der Waals surface area contributed by atoms with E-state index in [1.54, 1.807) is 16.2 Å². The van der Waals surface area contributed by atoms with Gasteiger partial charge in [0.1, 0.15) is 0 Å². The maximum Gasteiger partial charge on any atom is 0.320 e. The quantitative estimate of drug-likeness (QED) is 0.842. The molecule has 0 bridgehead atoms. The van der Waals surface area contributed by atoms with Crippen LogP contribution in [0.3, 0.4) is 0 Å². The topological polar surface area (TPSA) is 60.9 Å². The van der Waals surface area contributed by atoms with Gasteiger partial charge in [0.2, 0.25) is 0 Å². The molecule has 0 atom stereocenters. The molecule has 2 saturated carbocycles. The van der Waals surface area contributed by atoms with Crippen molar-refractivity contribution in [2.24, 2.45) is 0 Å². The van der Waals surface area contributed by atoms with Crippen LogP contribution in [-0.4, -0.2) is 45.5 Å². The average molecular weight is 308 g/mol. The summed E-state index contributed by atoms with van der Waals surface area (Å²) in [5, 5.41) is 13.0. The number of nitrogens with zero attached hydrogens (tertiary/aromatic N) is 2. The zero-order valence-corrected chi connectivity index (χ0v) is 12.7. The van der Waals surface area contributed by atoms with Crippen LogP contribution >= 0.6 is 11.3 Å². The number of carbonyl (C=O) groups excluding carboxylic acids is 1. The molecule has 5 nitrogen and oxygen atoms in total. The standard InChI is InChI=1S/C15H20N2O3S/c18-14(19)5-7-16(12-1-2-12)15(20)17(13-3-4-13)9-11-6-8-21-10-11/h6,8,10,12-13H,1-5,7,9H2,(H,18,19). The summed E-state index contributed by atoms with van der Waals surface area (Å²) in [5.41, 5.74) is 1.16. The molecule has 0 saturated heterocycles. The zero-order valence-electron chi connectivity index (χ0n) is 11.9. The van der Waals surface area contributed by atoms with Crippen molar-refractivity contribution in [1.82, 2.24) is 9.80 Å². The lowest BCUT2D eigenvalue weighted by Crippen LogP contribution is -2.45. The van der Waals surface area contributed by atoms with Gasteiger partial charge in [0, 0.05) is 25.2 Å². The first kappa shape index (κ1) is 14.4. The highest BCUT2D eigenvalue weighted by molar-refractivity contribution is 7.07. The fourth-order valence-electron chi connectivity index (χ4n) is 2.52. The highest BCUT2D eigenvalue weighted by Gasteiger charge is 2.40. The first-order valence-electron chi connectivity index (χ1n) is 7.45. The number of urea groups is 1. The smallest absolute Gasteiger partial charge is 0.320 e. The third kappa shape index (κ3) is 3.75. The molecule has 114 valence electrons. The Bertz CT molecular complexity index is 509. The first-order chi connectivity index (χ1) is 10.1. The molecule has 1 aromatic heterocycles. The van der Waals surface area contributed by atoms with Crippen molar-refractivity contribution in [2.75, 3.05) is 6.54 Å². The summed E-state index contributed by atoms with van der Waals surface area (Å²) in [7, 11) is 0. The van der Waals surface area contributed by atoms with E-state index in [2.05, 4.69) is 5.38 Å². The lowest BCUT2D eigenvalue weighted by molar-refractivity contribution is -0.137. The molecule has 3 rings (SSSR count).